The van der Waals surface area contributed by atoms with Crippen LogP contribution in [0, 0.1) is 0 Å². The lowest BCUT2D eigenvalue weighted by Crippen LogP contribution is -2.43. The van der Waals surface area contributed by atoms with Gasteiger partial charge in [-0.15, -0.1) is 0 Å². The van der Waals surface area contributed by atoms with Gasteiger partial charge in [-0.05, 0) is 44.9 Å². The van der Waals surface area contributed by atoms with Gasteiger partial charge < -0.3 is 80.5 Å². The minimum absolute atomic E-state index is 0.0210. The van der Waals surface area contributed by atoms with Gasteiger partial charge in [0.2, 0.25) is 0 Å². The van der Waals surface area contributed by atoms with Crippen LogP contribution in [0.2, 0.25) is 0 Å². The highest BCUT2D eigenvalue weighted by Gasteiger charge is 2.34. The van der Waals surface area contributed by atoms with Crippen molar-refractivity contribution in [3.63, 3.8) is 0 Å². The quantitative estimate of drug-likeness (QED) is 0.0789. The summed E-state index contributed by atoms with van der Waals surface area (Å²) in [6, 6.07) is 0. The van der Waals surface area contributed by atoms with E-state index in [2.05, 4.69) is 6.92 Å². The van der Waals surface area contributed by atoms with E-state index in [0.29, 0.717) is 116 Å². The fourth-order valence-corrected chi connectivity index (χ4v) is 23.2. The van der Waals surface area contributed by atoms with Crippen molar-refractivity contribution < 1.29 is 156 Å². The summed E-state index contributed by atoms with van der Waals surface area (Å²) in [6.45, 7) is 21.9. The van der Waals surface area contributed by atoms with Crippen LogP contribution in [0.15, 0.2) is 0 Å². The van der Waals surface area contributed by atoms with E-state index >= 15 is 0 Å². The van der Waals surface area contributed by atoms with Gasteiger partial charge in [-0.1, -0.05) is 48.5 Å². The van der Waals surface area contributed by atoms with E-state index in [1.54, 1.807) is 58.9 Å². The van der Waals surface area contributed by atoms with Gasteiger partial charge in [-0.25, -0.2) is 50.5 Å². The second kappa shape index (κ2) is 81.2. The third-order valence-electron chi connectivity index (χ3n) is 15.0. The molecule has 0 aromatic rings. The van der Waals surface area contributed by atoms with Crippen LogP contribution in [-0.2, 0) is 204 Å². The Hall–Kier alpha value is -0.0800. The van der Waals surface area contributed by atoms with E-state index in [4.69, 9.17) is 80.5 Å². The lowest BCUT2D eigenvalue weighted by atomic mass is 10.3. The maximum Gasteiger partial charge on any atom is 0.153 e. The molecule has 35 nitrogen and oxygen atoms in total. The zero-order valence-electron chi connectivity index (χ0n) is 76.2. The van der Waals surface area contributed by atoms with E-state index < -0.39 is 158 Å². The molecule has 0 saturated heterocycles. The van der Waals surface area contributed by atoms with Gasteiger partial charge in [0.15, 0.2) is 19.7 Å². The van der Waals surface area contributed by atoms with Gasteiger partial charge in [0.05, 0.1) is 166 Å². The molecule has 0 aliphatic carbocycles. The molecule has 0 fully saturated rings. The highest BCUT2D eigenvalue weighted by atomic mass is 32.2. The SMILES string of the molecule is CCCOCC(COCC(CS(C)(=O)=O)S(C)(=O)=O)OC.CCCOCC(COCC(CS(C)=O)S(C)=O)OC.CCCOCC(CS(C)(=O)=O)OC.CCCOCC(CS(C)=O)OC.CCCOCC(CS(C)=O)OCC(CS(C)(=O)=O)OC.CCCOCC(OC)C(CS(C)(=O)=O)S(C)(=O)=O.CCCOCC(OC)C(CS(C)=O)S(C)=O. The second-order valence-corrected chi connectivity index (χ2v) is 50.2. The molecule has 119 heavy (non-hydrogen) atoms. The molecule has 0 rings (SSSR count). The van der Waals surface area contributed by atoms with Gasteiger partial charge in [0.1, 0.15) is 56.8 Å². The minimum atomic E-state index is -3.53. The molecule has 0 amide bonds. The molecule has 728 valence electrons. The Kier molecular flexibility index (Phi) is 90.1. The molecule has 0 saturated carbocycles. The molecule has 0 aromatic heterocycles. The Morgan fingerprint density at radius 1 is 0.261 bits per heavy atom. The van der Waals surface area contributed by atoms with Gasteiger partial charge in [-0.3, -0.25) is 25.3 Å². The number of hydrogen-bond donors (Lipinski definition) is 0. The Bertz CT molecular complexity index is 3270. The van der Waals surface area contributed by atoms with E-state index in [1.807, 2.05) is 41.5 Å². The van der Waals surface area contributed by atoms with Crippen LogP contribution in [0.25, 0.3) is 0 Å². The molecule has 18 atom stereocenters. The molecule has 0 radical (unpaired) electrons. The molecule has 0 heterocycles. The molecule has 47 heteroatoms. The summed E-state index contributed by atoms with van der Waals surface area (Å²) in [5, 5.41) is -2.59. The monoisotopic (exact) mass is 1970 g/mol. The smallest absolute Gasteiger partial charge is 0.153 e. The van der Waals surface area contributed by atoms with Crippen molar-refractivity contribution in [2.24, 2.45) is 0 Å². The Morgan fingerprint density at radius 2 is 0.546 bits per heavy atom. The van der Waals surface area contributed by atoms with Crippen molar-refractivity contribution in [3.8, 4) is 0 Å². The van der Waals surface area contributed by atoms with Crippen molar-refractivity contribution in [1.82, 2.24) is 0 Å². The molecule has 0 aliphatic rings. The summed E-state index contributed by atoms with van der Waals surface area (Å²) in [4.78, 5) is 0. The predicted molar refractivity (Wildman–Crippen MR) is 482 cm³/mol. The normalized spacial score (nSPS) is 16.7. The summed E-state index contributed by atoms with van der Waals surface area (Å²) < 4.78 is 293. The second-order valence-electron chi connectivity index (χ2n) is 27.7. The van der Waals surface area contributed by atoms with Crippen LogP contribution < -0.4 is 0 Å². The molecule has 0 spiro atoms. The van der Waals surface area contributed by atoms with Gasteiger partial charge in [0.25, 0.3) is 0 Å². The zero-order valence-corrected chi connectivity index (χ0v) is 86.0. The van der Waals surface area contributed by atoms with Gasteiger partial charge in [0, 0.05) is 247 Å². The zero-order chi connectivity index (χ0) is 93.5. The Balaban J connectivity index is -0.000000248. The number of rotatable bonds is 68. The predicted octanol–water partition coefficient (Wildman–Crippen LogP) is 2.43. The Morgan fingerprint density at radius 3 is 0.832 bits per heavy atom. The molecule has 0 aliphatic heterocycles. The highest BCUT2D eigenvalue weighted by molar-refractivity contribution is 7.95. The lowest BCUT2D eigenvalue weighted by Gasteiger charge is -2.23. The molecular formula is C72H158O35S12. The first-order valence-electron chi connectivity index (χ1n) is 38.7. The first kappa shape index (κ1) is 132. The van der Waals surface area contributed by atoms with E-state index in [1.165, 1.54) is 34.7 Å². The van der Waals surface area contributed by atoms with E-state index in [0.717, 1.165) is 82.8 Å². The maximum atomic E-state index is 11.6. The average Bonchev–Trinajstić information content (AvgIpc) is 0.837. The molecule has 0 N–H and O–H groups in total. The summed E-state index contributed by atoms with van der Waals surface area (Å²) in [5.74, 6) is 0.716. The van der Waals surface area contributed by atoms with Crippen LogP contribution in [0.4, 0.5) is 0 Å². The molecular weight excluding hydrogens is 1810 g/mol. The van der Waals surface area contributed by atoms with Crippen molar-refractivity contribution >= 4 is 124 Å². The van der Waals surface area contributed by atoms with E-state index in [9.17, 15) is 75.8 Å². The third-order valence-corrected chi connectivity index (χ3v) is 28.8. The van der Waals surface area contributed by atoms with Crippen LogP contribution in [0.5, 0.6) is 0 Å². The fraction of sp³-hybridized carbons (Fsp3) is 1.00. The largest absolute Gasteiger partial charge is 0.379 e. The summed E-state index contributed by atoms with van der Waals surface area (Å²) >= 11 is 0. The topological polar surface area (TPSA) is 464 Å². The molecule has 0 aromatic carbocycles. The van der Waals surface area contributed by atoms with Crippen LogP contribution in [-0.4, -0.2) is 442 Å². The van der Waals surface area contributed by atoms with Crippen LogP contribution in [0.3, 0.4) is 0 Å². The Labute approximate surface area is 734 Å². The van der Waals surface area contributed by atoms with Crippen LogP contribution in [0.1, 0.15) is 93.4 Å². The van der Waals surface area contributed by atoms with Crippen molar-refractivity contribution in [1.29, 1.82) is 0 Å². The molecule has 18 unspecified atom stereocenters. The fourth-order valence-electron chi connectivity index (χ4n) is 8.89. The summed E-state index contributed by atoms with van der Waals surface area (Å²) in [5.41, 5.74) is 0. The number of hydrogen-bond acceptors (Lipinski definition) is 35. The van der Waals surface area contributed by atoms with Crippen LogP contribution >= 0.6 is 0 Å². The first-order valence-corrected chi connectivity index (χ1v) is 61.0. The number of sulfone groups is 6. The summed E-state index contributed by atoms with van der Waals surface area (Å²) in [7, 11) is -15.2. The molecule has 0 bridgehead atoms. The lowest BCUT2D eigenvalue weighted by molar-refractivity contribution is -0.0436. The third kappa shape index (κ3) is 93.9. The average molecular weight is 1970 g/mol. The minimum Gasteiger partial charge on any atom is -0.379 e. The first-order chi connectivity index (χ1) is 55.2. The number of ether oxygens (including phenoxy) is 17. The van der Waals surface area contributed by atoms with Crippen molar-refractivity contribution in [2.45, 2.75) is 163 Å². The summed E-state index contributed by atoms with van der Waals surface area (Å²) in [6.07, 6.45) is 19.8. The maximum absolute atomic E-state index is 11.6. The highest BCUT2D eigenvalue weighted by Crippen LogP contribution is 2.14. The van der Waals surface area contributed by atoms with Gasteiger partial charge >= 0.3 is 0 Å². The number of methoxy groups -OCH3 is 7. The van der Waals surface area contributed by atoms with Crippen molar-refractivity contribution in [3.05, 3.63) is 0 Å². The van der Waals surface area contributed by atoms with Crippen molar-refractivity contribution in [2.75, 3.05) is 296 Å². The standard InChI is InChI=1S/C12H26O7S2.C12H26O6S2.C12H26O5S2.C10H22O6S2.C10H22O4S2.C8H18O4S.C8H18O3S/c1-5-6-18-7-11(17-2)8-19-9-12(21(4,15)16)10-20(3,13)14;1-5-6-17-7-11(9-19(3)13)18-8-12(16-2)10-20(4,14)15;1-5-6-16-7-11(15-2)8-17-9-12(19(4)14)10-18(3)13;1-5-6-16-7-9(15-2)10(18(4,13)14)8-17(3,11)12;1-5-6-14-7-9(13-2)10(16(4)12)8-15(3)11;1-4-5-12-6-8(11-2)7-13(3,9)10;1-4-5-11-6-8(10-2)7-12(3)9/h11-12H,5-10H2,1-4H3;11-12H,5-10H2,1-4H3;11-12H,5-10H2,1-4H3;9-10H,5-8H2,1-4H3;9-10H,5-8H2,1-4H3;8H,4-7H2,1-3H3;8H,4-7H2,1-3H3. The van der Waals surface area contributed by atoms with Gasteiger partial charge in [-0.2, -0.15) is 0 Å². The van der Waals surface area contributed by atoms with E-state index in [-0.39, 0.29) is 85.1 Å².